The molecule has 218 valence electrons. The first-order valence-corrected chi connectivity index (χ1v) is 16.8. The summed E-state index contributed by atoms with van der Waals surface area (Å²) in [5.74, 6) is 6.30. The van der Waals surface area contributed by atoms with Crippen molar-refractivity contribution in [3.8, 4) is 0 Å². The van der Waals surface area contributed by atoms with Crippen molar-refractivity contribution in [3.05, 3.63) is 47.1 Å². The van der Waals surface area contributed by atoms with E-state index in [0.29, 0.717) is 21.7 Å². The van der Waals surface area contributed by atoms with Crippen molar-refractivity contribution >= 4 is 0 Å². The van der Waals surface area contributed by atoms with Crippen molar-refractivity contribution < 1.29 is 0 Å². The van der Waals surface area contributed by atoms with E-state index in [0.717, 1.165) is 41.4 Å². The lowest BCUT2D eigenvalue weighted by molar-refractivity contribution is -0.258. The van der Waals surface area contributed by atoms with Gasteiger partial charge in [-0.2, -0.15) is 0 Å². The Bertz CT molecular complexity index is 1090. The van der Waals surface area contributed by atoms with Crippen LogP contribution in [-0.2, 0) is 0 Å². The average Bonchev–Trinajstić information content (AvgIpc) is 3.64. The second-order valence-corrected chi connectivity index (χ2v) is 15.7. The zero-order valence-electron chi connectivity index (χ0n) is 26.3. The normalized spacial score (nSPS) is 48.5. The molecule has 5 saturated carbocycles. The summed E-state index contributed by atoms with van der Waals surface area (Å²) in [6.45, 7) is 28.7. The van der Waals surface area contributed by atoms with Gasteiger partial charge in [0.05, 0.1) is 0 Å². The van der Waals surface area contributed by atoms with Crippen LogP contribution in [0.1, 0.15) is 133 Å². The summed E-state index contributed by atoms with van der Waals surface area (Å²) in [6, 6.07) is 0. The maximum Gasteiger partial charge on any atom is 0.00148 e. The predicted octanol–water partition coefficient (Wildman–Crippen LogP) is 11.7. The molecule has 1 spiro atoms. The Balaban J connectivity index is 0.00000101. The van der Waals surface area contributed by atoms with E-state index in [1.165, 1.54) is 75.4 Å². The van der Waals surface area contributed by atoms with Crippen LogP contribution < -0.4 is 0 Å². The molecule has 0 bridgehead atoms. The lowest BCUT2D eigenvalue weighted by atomic mass is 9.26. The third-order valence-corrected chi connectivity index (χ3v) is 15.1. The molecule has 7 aliphatic carbocycles. The van der Waals surface area contributed by atoms with Gasteiger partial charge in [0.1, 0.15) is 0 Å². The van der Waals surface area contributed by atoms with Gasteiger partial charge in [-0.3, -0.25) is 0 Å². The summed E-state index contributed by atoms with van der Waals surface area (Å²) in [4.78, 5) is 0. The molecule has 0 N–H and O–H groups in total. The first-order valence-electron chi connectivity index (χ1n) is 16.8. The van der Waals surface area contributed by atoms with Gasteiger partial charge in [-0.1, -0.05) is 84.9 Å². The molecule has 0 aromatic carbocycles. The number of hydrogen-bond acceptors (Lipinski definition) is 0. The smallest absolute Gasteiger partial charge is 0.00148 e. The summed E-state index contributed by atoms with van der Waals surface area (Å²) in [5.41, 5.74) is 9.81. The van der Waals surface area contributed by atoms with E-state index in [1.807, 2.05) is 13.8 Å². The summed E-state index contributed by atoms with van der Waals surface area (Å²) >= 11 is 0. The Morgan fingerprint density at radius 2 is 1.62 bits per heavy atom. The minimum absolute atomic E-state index is 0. The number of rotatable bonds is 3. The van der Waals surface area contributed by atoms with Crippen LogP contribution >= 0.6 is 0 Å². The van der Waals surface area contributed by atoms with Crippen molar-refractivity contribution in [1.29, 1.82) is 0 Å². The zero-order chi connectivity index (χ0) is 27.4. The third kappa shape index (κ3) is 3.48. The molecule has 0 radical (unpaired) electrons. The van der Waals surface area contributed by atoms with Gasteiger partial charge >= 0.3 is 0 Å². The summed E-state index contributed by atoms with van der Waals surface area (Å²) in [7, 11) is 0. The maximum atomic E-state index is 4.85. The van der Waals surface area contributed by atoms with Crippen LogP contribution in [-0.4, -0.2) is 0 Å². The van der Waals surface area contributed by atoms with Gasteiger partial charge in [-0.15, -0.1) is 0 Å². The highest BCUT2D eigenvalue weighted by Crippen LogP contribution is 2.88. The van der Waals surface area contributed by atoms with Gasteiger partial charge < -0.3 is 0 Å². The molecule has 10 unspecified atom stereocenters. The van der Waals surface area contributed by atoms with E-state index in [1.54, 1.807) is 23.1 Å². The van der Waals surface area contributed by atoms with Crippen molar-refractivity contribution in [2.75, 3.05) is 0 Å². The Labute approximate surface area is 243 Å². The highest BCUT2D eigenvalue weighted by molar-refractivity contribution is 5.48. The summed E-state index contributed by atoms with van der Waals surface area (Å²) in [6.07, 6.45) is 18.4. The number of hydrogen-bond donors (Lipinski definition) is 0. The van der Waals surface area contributed by atoms with Gasteiger partial charge in [-0.25, -0.2) is 0 Å². The summed E-state index contributed by atoms with van der Waals surface area (Å²) in [5, 5.41) is 0. The van der Waals surface area contributed by atoms with Gasteiger partial charge in [0.15, 0.2) is 0 Å². The standard InChI is InChI=1S/C36H52.C2H6.CH4/c1-9-27-22(3)16-25(17-23(27)4)19-26-10-11-29-28-20-32-35(8)31(36(32)14-15-36)18-21(2)24(5)34(35,7)30(28)12-13-33(26,29)6;1-2;/h18,25-26,28-32H,3,5,9-17,19-20H2,1-2,4,6-8H3;1-2H3;1H4. The number of fused-ring (bicyclic) bond motifs is 6. The minimum atomic E-state index is 0. The van der Waals surface area contributed by atoms with E-state index in [2.05, 4.69) is 54.2 Å². The van der Waals surface area contributed by atoms with Crippen molar-refractivity contribution in [1.82, 2.24) is 0 Å². The highest BCUT2D eigenvalue weighted by Gasteiger charge is 2.81. The van der Waals surface area contributed by atoms with E-state index in [9.17, 15) is 0 Å². The third-order valence-electron chi connectivity index (χ3n) is 15.1. The van der Waals surface area contributed by atoms with E-state index in [-0.39, 0.29) is 7.43 Å². The van der Waals surface area contributed by atoms with Crippen molar-refractivity contribution in [2.45, 2.75) is 133 Å². The Kier molecular flexibility index (Phi) is 7.17. The monoisotopic (exact) mass is 530 g/mol. The molecule has 7 aliphatic rings. The molecule has 5 fully saturated rings. The topological polar surface area (TPSA) is 0 Å². The second kappa shape index (κ2) is 9.49. The van der Waals surface area contributed by atoms with Gasteiger partial charge in [0.2, 0.25) is 0 Å². The van der Waals surface area contributed by atoms with Gasteiger partial charge in [0.25, 0.3) is 0 Å². The molecule has 0 aromatic heterocycles. The molecule has 0 saturated heterocycles. The van der Waals surface area contributed by atoms with E-state index in [4.69, 9.17) is 6.58 Å². The second-order valence-electron chi connectivity index (χ2n) is 15.7. The summed E-state index contributed by atoms with van der Waals surface area (Å²) < 4.78 is 0. The first-order chi connectivity index (χ1) is 18.0. The fourth-order valence-corrected chi connectivity index (χ4v) is 13.2. The van der Waals surface area contributed by atoms with Crippen molar-refractivity contribution in [2.24, 2.45) is 63.1 Å². The SMILES string of the molecule is C.C=C1CC(CC2CCC3C4CC5C6(CC6)C6C=C(C)C(=C)C(C)(C4CCC23C)C65C)CC(C)=C1CC.CC. The Morgan fingerprint density at radius 3 is 2.23 bits per heavy atom. The van der Waals surface area contributed by atoms with Crippen LogP contribution in [0.25, 0.3) is 0 Å². The molecule has 0 heterocycles. The molecule has 0 nitrogen and oxygen atoms in total. The van der Waals surface area contributed by atoms with E-state index >= 15 is 0 Å². The molecule has 10 atom stereocenters. The Morgan fingerprint density at radius 1 is 0.923 bits per heavy atom. The molecular formula is C39H62. The molecule has 0 aliphatic heterocycles. The van der Waals surface area contributed by atoms with Crippen LogP contribution in [0, 0.1) is 63.1 Å². The lowest BCUT2D eigenvalue weighted by Gasteiger charge is -2.77. The molecule has 39 heavy (non-hydrogen) atoms. The molecule has 0 aromatic rings. The highest BCUT2D eigenvalue weighted by atomic mass is 14.9. The lowest BCUT2D eigenvalue weighted by Crippen LogP contribution is -2.72. The van der Waals surface area contributed by atoms with Gasteiger partial charge in [0, 0.05) is 5.41 Å². The number of allylic oxidation sites excluding steroid dienone is 6. The fraction of sp³-hybridized carbons (Fsp3) is 0.795. The van der Waals surface area contributed by atoms with Crippen LogP contribution in [0.2, 0.25) is 0 Å². The molecule has 0 heteroatoms. The largest absolute Gasteiger partial charge is 0.0955 e. The Hall–Kier alpha value is -1.04. The quantitative estimate of drug-likeness (QED) is 0.340. The first kappa shape index (κ1) is 29.5. The van der Waals surface area contributed by atoms with Crippen LogP contribution in [0.4, 0.5) is 0 Å². The average molecular weight is 531 g/mol. The minimum Gasteiger partial charge on any atom is -0.0955 e. The molecule has 0 amide bonds. The fourth-order valence-electron chi connectivity index (χ4n) is 13.2. The van der Waals surface area contributed by atoms with Crippen LogP contribution in [0.15, 0.2) is 47.1 Å². The molecule has 7 rings (SSSR count). The predicted molar refractivity (Wildman–Crippen MR) is 170 cm³/mol. The van der Waals surface area contributed by atoms with Crippen LogP contribution in [0.5, 0.6) is 0 Å². The maximum absolute atomic E-state index is 4.85. The van der Waals surface area contributed by atoms with Crippen molar-refractivity contribution in [3.63, 3.8) is 0 Å². The van der Waals surface area contributed by atoms with Crippen LogP contribution in [0.3, 0.4) is 0 Å². The van der Waals surface area contributed by atoms with E-state index < -0.39 is 0 Å². The molecular weight excluding hydrogens is 468 g/mol. The van der Waals surface area contributed by atoms with Gasteiger partial charge in [-0.05, 0) is 153 Å². The zero-order valence-corrected chi connectivity index (χ0v) is 26.3.